The van der Waals surface area contributed by atoms with Crippen molar-refractivity contribution in [3.8, 4) is 0 Å². The predicted octanol–water partition coefficient (Wildman–Crippen LogP) is 4.32. The summed E-state index contributed by atoms with van der Waals surface area (Å²) in [5.74, 6) is 3.25. The molecule has 154 valence electrons. The van der Waals surface area contributed by atoms with Crippen LogP contribution in [0.2, 0.25) is 0 Å². The molecule has 1 N–H and O–H groups in total. The lowest BCUT2D eigenvalue weighted by Gasteiger charge is -2.60. The van der Waals surface area contributed by atoms with Gasteiger partial charge in [-0.05, 0) is 101 Å². The van der Waals surface area contributed by atoms with Crippen molar-refractivity contribution in [3.05, 3.63) is 0 Å². The average Bonchev–Trinajstić information content (AvgIpc) is 2.96. The van der Waals surface area contributed by atoms with Crippen molar-refractivity contribution in [2.75, 3.05) is 27.2 Å². The van der Waals surface area contributed by atoms with Gasteiger partial charge in [-0.25, -0.2) is 0 Å². The maximum atomic E-state index is 10.2. The van der Waals surface area contributed by atoms with E-state index in [9.17, 15) is 5.11 Å². The third-order valence-corrected chi connectivity index (χ3v) is 9.18. The predicted molar refractivity (Wildman–Crippen MR) is 110 cm³/mol. The van der Waals surface area contributed by atoms with Crippen LogP contribution in [-0.4, -0.2) is 49.1 Å². The first-order valence-electron chi connectivity index (χ1n) is 11.4. The fourth-order valence-electron chi connectivity index (χ4n) is 7.52. The summed E-state index contributed by atoms with van der Waals surface area (Å²) < 4.78 is 0. The maximum absolute atomic E-state index is 10.2. The van der Waals surface area contributed by atoms with Gasteiger partial charge < -0.3 is 14.8 Å². The van der Waals surface area contributed by atoms with Gasteiger partial charge in [-0.1, -0.05) is 19.0 Å². The van der Waals surface area contributed by atoms with Crippen LogP contribution >= 0.6 is 0 Å². The van der Waals surface area contributed by atoms with E-state index in [1.54, 1.807) is 0 Å². The smallest absolute Gasteiger partial charge is 0.129 e. The SMILES string of the molecule is CN(C)CCO/N=C1/CC[C@@H]2[C@@H]3CC[C@H]4C[C@H](O)CC[C@]4(C)[C@H]3CC[C@@]12C. The highest BCUT2D eigenvalue weighted by molar-refractivity contribution is 5.92. The van der Waals surface area contributed by atoms with Gasteiger partial charge in [0, 0.05) is 12.0 Å². The molecule has 0 saturated heterocycles. The van der Waals surface area contributed by atoms with Crippen LogP contribution in [0.3, 0.4) is 0 Å². The summed E-state index contributed by atoms with van der Waals surface area (Å²) in [6.45, 7) is 6.66. The zero-order valence-electron chi connectivity index (χ0n) is 17.9. The molecule has 4 saturated carbocycles. The van der Waals surface area contributed by atoms with Crippen LogP contribution in [0, 0.1) is 34.5 Å². The molecule has 0 aromatic rings. The number of oxime groups is 1. The van der Waals surface area contributed by atoms with Gasteiger partial charge in [0.05, 0.1) is 11.8 Å². The third kappa shape index (κ3) is 3.35. The maximum Gasteiger partial charge on any atom is 0.129 e. The molecule has 0 amide bonds. The Morgan fingerprint density at radius 1 is 1.07 bits per heavy atom. The average molecular weight is 377 g/mol. The van der Waals surface area contributed by atoms with Crippen molar-refractivity contribution < 1.29 is 9.94 Å². The molecule has 4 rings (SSSR count). The summed E-state index contributed by atoms with van der Waals surface area (Å²) in [5, 5.41) is 14.8. The van der Waals surface area contributed by atoms with Crippen molar-refractivity contribution in [1.82, 2.24) is 4.90 Å². The normalized spacial score (nSPS) is 48.2. The van der Waals surface area contributed by atoms with Gasteiger partial charge in [-0.2, -0.15) is 0 Å². The highest BCUT2D eigenvalue weighted by Crippen LogP contribution is 2.65. The summed E-state index contributed by atoms with van der Waals surface area (Å²) in [4.78, 5) is 7.86. The monoisotopic (exact) mass is 376 g/mol. The lowest BCUT2D eigenvalue weighted by atomic mass is 9.45. The van der Waals surface area contributed by atoms with Crippen molar-refractivity contribution in [1.29, 1.82) is 0 Å². The Labute approximate surface area is 165 Å². The molecule has 7 atom stereocenters. The first-order chi connectivity index (χ1) is 12.8. The topological polar surface area (TPSA) is 45.1 Å². The van der Waals surface area contributed by atoms with E-state index in [0.717, 1.165) is 49.5 Å². The number of aliphatic hydroxyl groups excluding tert-OH is 1. The first kappa shape index (κ1) is 19.7. The Morgan fingerprint density at radius 2 is 1.89 bits per heavy atom. The highest BCUT2D eigenvalue weighted by Gasteiger charge is 2.59. The van der Waals surface area contributed by atoms with Gasteiger partial charge in [0.2, 0.25) is 0 Å². The van der Waals surface area contributed by atoms with E-state index in [1.807, 2.05) is 0 Å². The molecule has 4 aliphatic rings. The Hall–Kier alpha value is -0.610. The summed E-state index contributed by atoms with van der Waals surface area (Å²) in [5.41, 5.74) is 2.07. The lowest BCUT2D eigenvalue weighted by molar-refractivity contribution is -0.114. The van der Waals surface area contributed by atoms with Gasteiger partial charge in [0.1, 0.15) is 6.61 Å². The number of nitrogens with zero attached hydrogens (tertiary/aromatic N) is 2. The van der Waals surface area contributed by atoms with Gasteiger partial charge in [0.15, 0.2) is 0 Å². The zero-order valence-corrected chi connectivity index (χ0v) is 17.9. The molecule has 0 unspecified atom stereocenters. The van der Waals surface area contributed by atoms with Crippen LogP contribution < -0.4 is 0 Å². The van der Waals surface area contributed by atoms with E-state index in [-0.39, 0.29) is 11.5 Å². The molecule has 0 spiro atoms. The molecule has 0 aliphatic heterocycles. The summed E-state index contributed by atoms with van der Waals surface area (Å²) in [6.07, 6.45) is 11.0. The van der Waals surface area contributed by atoms with Gasteiger partial charge in [0.25, 0.3) is 0 Å². The standard InChI is InChI=1S/C23H40N2O2/c1-22-11-9-17(26)15-16(22)5-6-18-19-7-8-21(24-27-14-13-25(3)4)23(19,2)12-10-20(18)22/h16-20,26H,5-15H2,1-4H3/b24-21-/t16-,17+,18-,19+,20-,22-,23+/m0/s1. The Morgan fingerprint density at radius 3 is 2.67 bits per heavy atom. The van der Waals surface area contributed by atoms with E-state index < -0.39 is 0 Å². The summed E-state index contributed by atoms with van der Waals surface area (Å²) in [7, 11) is 4.15. The van der Waals surface area contributed by atoms with Gasteiger partial charge >= 0.3 is 0 Å². The van der Waals surface area contributed by atoms with E-state index in [2.05, 4.69) is 38.0 Å². The highest BCUT2D eigenvalue weighted by atomic mass is 16.6. The minimum absolute atomic E-state index is 0.0435. The largest absolute Gasteiger partial charge is 0.394 e. The second kappa shape index (κ2) is 7.33. The van der Waals surface area contributed by atoms with Crippen LogP contribution in [0.4, 0.5) is 0 Å². The number of rotatable bonds is 4. The fourth-order valence-corrected chi connectivity index (χ4v) is 7.52. The van der Waals surface area contributed by atoms with Crippen molar-refractivity contribution >= 4 is 5.71 Å². The quantitative estimate of drug-likeness (QED) is 0.587. The summed E-state index contributed by atoms with van der Waals surface area (Å²) >= 11 is 0. The molecule has 4 aliphatic carbocycles. The van der Waals surface area contributed by atoms with Gasteiger partial charge in [-0.15, -0.1) is 0 Å². The molecule has 4 heteroatoms. The molecular formula is C23H40N2O2. The molecule has 0 heterocycles. The summed E-state index contributed by atoms with van der Waals surface area (Å²) in [6, 6.07) is 0. The zero-order chi connectivity index (χ0) is 19.2. The van der Waals surface area contributed by atoms with Crippen LogP contribution in [0.15, 0.2) is 5.16 Å². The Kier molecular flexibility index (Phi) is 5.35. The molecule has 0 aromatic carbocycles. The number of fused-ring (bicyclic) bond motifs is 5. The van der Waals surface area contributed by atoms with E-state index in [0.29, 0.717) is 12.0 Å². The van der Waals surface area contributed by atoms with E-state index in [1.165, 1.54) is 44.2 Å². The second-order valence-electron chi connectivity index (χ2n) is 10.8. The second-order valence-corrected chi connectivity index (χ2v) is 10.8. The number of hydrogen-bond acceptors (Lipinski definition) is 4. The minimum atomic E-state index is -0.0435. The number of hydrogen-bond donors (Lipinski definition) is 1. The van der Waals surface area contributed by atoms with Crippen LogP contribution in [-0.2, 0) is 4.84 Å². The molecular weight excluding hydrogens is 336 g/mol. The molecule has 27 heavy (non-hydrogen) atoms. The molecule has 0 aromatic heterocycles. The van der Waals surface area contributed by atoms with Gasteiger partial charge in [-0.3, -0.25) is 0 Å². The van der Waals surface area contributed by atoms with Crippen LogP contribution in [0.25, 0.3) is 0 Å². The minimum Gasteiger partial charge on any atom is -0.394 e. The molecule has 4 nitrogen and oxygen atoms in total. The third-order valence-electron chi connectivity index (χ3n) is 9.18. The van der Waals surface area contributed by atoms with E-state index >= 15 is 0 Å². The molecule has 4 fully saturated rings. The Bertz CT molecular complexity index is 577. The molecule has 0 bridgehead atoms. The number of aliphatic hydroxyl groups is 1. The van der Waals surface area contributed by atoms with Crippen LogP contribution in [0.1, 0.15) is 71.6 Å². The van der Waals surface area contributed by atoms with E-state index in [4.69, 9.17) is 4.84 Å². The Balaban J connectivity index is 1.48. The fraction of sp³-hybridized carbons (Fsp3) is 0.957. The van der Waals surface area contributed by atoms with Crippen molar-refractivity contribution in [2.45, 2.75) is 77.7 Å². The molecule has 0 radical (unpaired) electrons. The first-order valence-corrected chi connectivity index (χ1v) is 11.4. The number of likely N-dealkylation sites (N-methyl/N-ethyl adjacent to an activating group) is 1. The van der Waals surface area contributed by atoms with Crippen molar-refractivity contribution in [2.24, 2.45) is 39.7 Å². The van der Waals surface area contributed by atoms with Crippen molar-refractivity contribution in [3.63, 3.8) is 0 Å². The van der Waals surface area contributed by atoms with Crippen LogP contribution in [0.5, 0.6) is 0 Å². The lowest BCUT2D eigenvalue weighted by Crippen LogP contribution is -2.54.